The lowest BCUT2D eigenvalue weighted by molar-refractivity contribution is -0.145. The number of carboxylic acids is 1. The summed E-state index contributed by atoms with van der Waals surface area (Å²) >= 11 is 0. The Morgan fingerprint density at radius 2 is 0.842 bits per heavy atom. The summed E-state index contributed by atoms with van der Waals surface area (Å²) in [6.45, 7) is 9.60. The summed E-state index contributed by atoms with van der Waals surface area (Å²) in [5.41, 5.74) is 0. The van der Waals surface area contributed by atoms with Gasteiger partial charge in [0.05, 0.1) is 6.61 Å². The van der Waals surface area contributed by atoms with Gasteiger partial charge in [-0.3, -0.25) is 9.59 Å². The zero-order valence-corrected chi connectivity index (χ0v) is 26.3. The van der Waals surface area contributed by atoms with Gasteiger partial charge in [0.25, 0.3) is 0 Å². The summed E-state index contributed by atoms with van der Waals surface area (Å²) in [5.74, 6) is -0.0485. The zero-order chi connectivity index (χ0) is 28.5. The number of unbranched alkanes of at least 4 members (excludes halogenated alkanes) is 18. The van der Waals surface area contributed by atoms with Gasteiger partial charge >= 0.3 is 11.9 Å². The van der Waals surface area contributed by atoms with Crippen molar-refractivity contribution in [3.63, 3.8) is 0 Å². The normalized spacial score (nSPS) is 11.6. The average molecular weight is 541 g/mol. The van der Waals surface area contributed by atoms with Gasteiger partial charge in [0.2, 0.25) is 0 Å². The zero-order valence-electron chi connectivity index (χ0n) is 26.3. The van der Waals surface area contributed by atoms with Crippen LogP contribution in [0.3, 0.4) is 0 Å². The molecule has 0 aromatic rings. The van der Waals surface area contributed by atoms with Crippen molar-refractivity contribution in [3.8, 4) is 0 Å². The molecule has 0 radical (unpaired) electrons. The minimum absolute atomic E-state index is 0.0371. The fraction of sp³-hybridized carbons (Fsp3) is 0.941. The minimum atomic E-state index is -0.670. The van der Waals surface area contributed by atoms with Gasteiger partial charge in [-0.05, 0) is 31.6 Å². The summed E-state index contributed by atoms with van der Waals surface area (Å²) < 4.78 is 5.66. The lowest BCUT2D eigenvalue weighted by Crippen LogP contribution is -2.14. The number of hydrogen-bond donors (Lipinski definition) is 1. The largest absolute Gasteiger partial charge is 0.481 e. The average Bonchev–Trinajstić information content (AvgIpc) is 2.90. The van der Waals surface area contributed by atoms with Crippen LogP contribution in [0, 0.1) is 5.92 Å². The first kappa shape index (κ1) is 39.1. The molecule has 0 spiro atoms. The van der Waals surface area contributed by atoms with E-state index in [9.17, 15) is 9.59 Å². The molecular formula is C34H68O4. The quantitative estimate of drug-likeness (QED) is 0.0791. The van der Waals surface area contributed by atoms with E-state index in [1.807, 2.05) is 0 Å². The standard InChI is InChI=1S/C26H52O2.C8H16O2/c1-4-7-10-13-15-17-20-23-26(27)28-24-25(21-18-12-9-6-3)22-19-16-14-11-8-5-2;1-2-3-4-5-6-7-8(9)10/h25H,4-24H2,1-3H3;2-7H2,1H3,(H,9,10). The molecule has 1 N–H and O–H groups in total. The van der Waals surface area contributed by atoms with Crippen LogP contribution in [0.2, 0.25) is 0 Å². The number of carbonyl (C=O) groups excluding carboxylic acids is 1. The number of carbonyl (C=O) groups is 2. The number of ether oxygens (including phenoxy) is 1. The van der Waals surface area contributed by atoms with Crippen molar-refractivity contribution in [2.24, 2.45) is 5.92 Å². The number of aliphatic carboxylic acids is 1. The molecule has 1 unspecified atom stereocenters. The summed E-state index contributed by atoms with van der Waals surface area (Å²) in [6.07, 6.45) is 31.1. The highest BCUT2D eigenvalue weighted by Crippen LogP contribution is 2.20. The molecule has 0 heterocycles. The molecule has 0 aliphatic rings. The maximum Gasteiger partial charge on any atom is 0.305 e. The second-order valence-corrected chi connectivity index (χ2v) is 11.4. The van der Waals surface area contributed by atoms with Crippen LogP contribution in [0.25, 0.3) is 0 Å². The van der Waals surface area contributed by atoms with E-state index in [1.165, 1.54) is 135 Å². The molecule has 0 rings (SSSR count). The Balaban J connectivity index is 0. The summed E-state index contributed by atoms with van der Waals surface area (Å²) in [7, 11) is 0. The molecule has 4 nitrogen and oxygen atoms in total. The van der Waals surface area contributed by atoms with Crippen molar-refractivity contribution in [3.05, 3.63) is 0 Å². The predicted molar refractivity (Wildman–Crippen MR) is 165 cm³/mol. The molecular weight excluding hydrogens is 472 g/mol. The molecule has 0 bridgehead atoms. The third-order valence-electron chi connectivity index (χ3n) is 7.39. The van der Waals surface area contributed by atoms with Gasteiger partial charge in [0, 0.05) is 12.8 Å². The third-order valence-corrected chi connectivity index (χ3v) is 7.39. The minimum Gasteiger partial charge on any atom is -0.481 e. The Morgan fingerprint density at radius 3 is 1.26 bits per heavy atom. The van der Waals surface area contributed by atoms with Gasteiger partial charge in [0.1, 0.15) is 0 Å². The molecule has 1 atom stereocenters. The predicted octanol–water partition coefficient (Wildman–Crippen LogP) is 11.4. The van der Waals surface area contributed by atoms with Crippen LogP contribution in [0.4, 0.5) is 0 Å². The van der Waals surface area contributed by atoms with Crippen molar-refractivity contribution in [1.29, 1.82) is 0 Å². The maximum atomic E-state index is 12.1. The van der Waals surface area contributed by atoms with Crippen LogP contribution < -0.4 is 0 Å². The van der Waals surface area contributed by atoms with E-state index < -0.39 is 5.97 Å². The first-order valence-electron chi connectivity index (χ1n) is 16.9. The summed E-state index contributed by atoms with van der Waals surface area (Å²) in [6, 6.07) is 0. The molecule has 0 saturated carbocycles. The lowest BCUT2D eigenvalue weighted by Gasteiger charge is -2.17. The lowest BCUT2D eigenvalue weighted by atomic mass is 9.95. The fourth-order valence-electron chi connectivity index (χ4n) is 4.77. The molecule has 0 aromatic heterocycles. The number of hydrogen-bond acceptors (Lipinski definition) is 3. The van der Waals surface area contributed by atoms with Crippen molar-refractivity contribution in [1.82, 2.24) is 0 Å². The van der Waals surface area contributed by atoms with Crippen LogP contribution >= 0.6 is 0 Å². The van der Waals surface area contributed by atoms with Gasteiger partial charge < -0.3 is 9.84 Å². The second-order valence-electron chi connectivity index (χ2n) is 11.4. The van der Waals surface area contributed by atoms with E-state index in [0.717, 1.165) is 19.3 Å². The van der Waals surface area contributed by atoms with E-state index in [2.05, 4.69) is 27.7 Å². The second kappa shape index (κ2) is 34.0. The monoisotopic (exact) mass is 541 g/mol. The third kappa shape index (κ3) is 34.9. The SMILES string of the molecule is CCCCCCCC(=O)O.CCCCCCCCCC(=O)OCC(CCCCCC)CCCCCCCC. The number of carboxylic acid groups (broad SMARTS) is 1. The van der Waals surface area contributed by atoms with E-state index >= 15 is 0 Å². The molecule has 0 aromatic carbocycles. The molecule has 38 heavy (non-hydrogen) atoms. The van der Waals surface area contributed by atoms with Gasteiger partial charge in [-0.25, -0.2) is 0 Å². The van der Waals surface area contributed by atoms with E-state index in [0.29, 0.717) is 25.4 Å². The molecule has 0 saturated heterocycles. The molecule has 0 fully saturated rings. The molecule has 4 heteroatoms. The van der Waals surface area contributed by atoms with Crippen LogP contribution in [0.1, 0.15) is 195 Å². The van der Waals surface area contributed by atoms with Gasteiger partial charge in [-0.15, -0.1) is 0 Å². The van der Waals surface area contributed by atoms with Crippen LogP contribution in [-0.2, 0) is 14.3 Å². The van der Waals surface area contributed by atoms with Crippen molar-refractivity contribution < 1.29 is 19.4 Å². The van der Waals surface area contributed by atoms with Crippen LogP contribution in [0.15, 0.2) is 0 Å². The highest BCUT2D eigenvalue weighted by molar-refractivity contribution is 5.69. The van der Waals surface area contributed by atoms with Crippen LogP contribution in [-0.4, -0.2) is 23.7 Å². The van der Waals surface area contributed by atoms with Crippen molar-refractivity contribution in [2.45, 2.75) is 195 Å². The van der Waals surface area contributed by atoms with Crippen LogP contribution in [0.5, 0.6) is 0 Å². The number of rotatable bonds is 28. The molecule has 0 aliphatic carbocycles. The Bertz CT molecular complexity index is 477. The van der Waals surface area contributed by atoms with Crippen molar-refractivity contribution in [2.75, 3.05) is 6.61 Å². The topological polar surface area (TPSA) is 63.6 Å². The Kier molecular flexibility index (Phi) is 34.9. The van der Waals surface area contributed by atoms with Crippen molar-refractivity contribution >= 4 is 11.9 Å². The molecule has 0 amide bonds. The molecule has 228 valence electrons. The first-order valence-corrected chi connectivity index (χ1v) is 16.9. The smallest absolute Gasteiger partial charge is 0.305 e. The highest BCUT2D eigenvalue weighted by atomic mass is 16.5. The Morgan fingerprint density at radius 1 is 0.500 bits per heavy atom. The first-order chi connectivity index (χ1) is 18.5. The van der Waals surface area contributed by atoms with E-state index in [4.69, 9.17) is 9.84 Å². The van der Waals surface area contributed by atoms with E-state index in [1.54, 1.807) is 0 Å². The van der Waals surface area contributed by atoms with Gasteiger partial charge in [0.15, 0.2) is 0 Å². The Hall–Kier alpha value is -1.06. The van der Waals surface area contributed by atoms with E-state index in [-0.39, 0.29) is 5.97 Å². The summed E-state index contributed by atoms with van der Waals surface area (Å²) in [4.78, 5) is 22.1. The maximum absolute atomic E-state index is 12.1. The number of esters is 1. The Labute approximate surface area is 238 Å². The summed E-state index contributed by atoms with van der Waals surface area (Å²) in [5, 5.41) is 8.27. The van der Waals surface area contributed by atoms with Gasteiger partial charge in [-0.2, -0.15) is 0 Å². The fourth-order valence-corrected chi connectivity index (χ4v) is 4.77. The highest BCUT2D eigenvalue weighted by Gasteiger charge is 2.12. The molecule has 0 aliphatic heterocycles. The van der Waals surface area contributed by atoms with Gasteiger partial charge in [-0.1, -0.05) is 156 Å².